The summed E-state index contributed by atoms with van der Waals surface area (Å²) in [6.45, 7) is 6.80. The maximum Gasteiger partial charge on any atom is 0.139 e. The van der Waals surface area contributed by atoms with Gasteiger partial charge in [-0.05, 0) is 87.3 Å². The van der Waals surface area contributed by atoms with Gasteiger partial charge in [0.05, 0.1) is 5.69 Å². The molecule has 2 aromatic heterocycles. The number of hydrogen-bond acceptors (Lipinski definition) is 5. The second-order valence-electron chi connectivity index (χ2n) is 10.8. The molecular weight excluding hydrogens is 467 g/mol. The van der Waals surface area contributed by atoms with E-state index in [9.17, 15) is 4.57 Å². The Morgan fingerprint density at radius 3 is 2.58 bits per heavy atom. The number of ether oxygens (including phenoxy) is 1. The normalized spacial score (nSPS) is 21.8. The van der Waals surface area contributed by atoms with Gasteiger partial charge in [-0.25, -0.2) is 4.98 Å². The van der Waals surface area contributed by atoms with E-state index in [1.165, 1.54) is 6.42 Å². The maximum atomic E-state index is 12.9. The van der Waals surface area contributed by atoms with Crippen molar-refractivity contribution in [3.8, 4) is 17.0 Å². The van der Waals surface area contributed by atoms with E-state index < -0.39 is 7.14 Å². The van der Waals surface area contributed by atoms with Crippen LogP contribution in [-0.2, 0) is 4.57 Å². The average molecular weight is 501 g/mol. The lowest BCUT2D eigenvalue weighted by atomic mass is 10.1. The number of piperidine rings is 1. The molecule has 2 aromatic carbocycles. The summed E-state index contributed by atoms with van der Waals surface area (Å²) in [6.07, 6.45) is 4.58. The van der Waals surface area contributed by atoms with Crippen molar-refractivity contribution in [2.45, 2.75) is 31.9 Å². The summed E-state index contributed by atoms with van der Waals surface area (Å²) in [4.78, 5) is 10.6. The smallest absolute Gasteiger partial charge is 0.139 e. The Kier molecular flexibility index (Phi) is 5.70. The van der Waals surface area contributed by atoms with Crippen molar-refractivity contribution in [2.24, 2.45) is 5.92 Å². The van der Waals surface area contributed by atoms with Crippen molar-refractivity contribution >= 4 is 34.9 Å². The third-order valence-corrected chi connectivity index (χ3v) is 9.35. The van der Waals surface area contributed by atoms with E-state index in [2.05, 4.69) is 57.6 Å². The van der Waals surface area contributed by atoms with E-state index in [0.29, 0.717) is 18.1 Å². The van der Waals surface area contributed by atoms with Crippen LogP contribution in [0.5, 0.6) is 5.75 Å². The van der Waals surface area contributed by atoms with Crippen LogP contribution in [0, 0.1) is 12.8 Å². The van der Waals surface area contributed by atoms with Crippen LogP contribution in [0.2, 0.25) is 0 Å². The Balaban J connectivity index is 1.27. The van der Waals surface area contributed by atoms with Gasteiger partial charge < -0.3 is 24.5 Å². The van der Waals surface area contributed by atoms with E-state index in [4.69, 9.17) is 4.74 Å². The summed E-state index contributed by atoms with van der Waals surface area (Å²) in [5.74, 6) is 1.58. The Labute approximate surface area is 212 Å². The number of aryl methyl sites for hydroxylation is 1. The summed E-state index contributed by atoms with van der Waals surface area (Å²) in [7, 11) is -0.213. The van der Waals surface area contributed by atoms with Gasteiger partial charge in [0.15, 0.2) is 0 Å². The van der Waals surface area contributed by atoms with Crippen LogP contribution < -0.4 is 15.4 Å². The van der Waals surface area contributed by atoms with E-state index >= 15 is 0 Å². The fourth-order valence-electron chi connectivity index (χ4n) is 5.84. The maximum absolute atomic E-state index is 12.9. The summed E-state index contributed by atoms with van der Waals surface area (Å²) in [5.41, 5.74) is 5.79. The third-order valence-electron chi connectivity index (χ3n) is 7.80. The van der Waals surface area contributed by atoms with Crippen LogP contribution in [-0.4, -0.2) is 53.9 Å². The number of nitrogens with zero attached hydrogens (tertiary/aromatic N) is 2. The molecule has 2 fully saturated rings. The summed E-state index contributed by atoms with van der Waals surface area (Å²) in [5, 5.41) is 5.42. The quantitative estimate of drug-likeness (QED) is 0.318. The molecule has 6 nitrogen and oxygen atoms in total. The molecule has 2 N–H and O–H groups in total. The molecule has 1 saturated carbocycles. The number of pyridine rings is 1. The number of nitrogens with one attached hydrogen (secondary N) is 2. The van der Waals surface area contributed by atoms with Crippen LogP contribution in [0.3, 0.4) is 0 Å². The second kappa shape index (κ2) is 8.79. The van der Waals surface area contributed by atoms with Crippen LogP contribution >= 0.6 is 7.14 Å². The first kappa shape index (κ1) is 23.3. The number of hydrogen-bond donors (Lipinski definition) is 2. The molecule has 3 atom stereocenters. The van der Waals surface area contributed by atoms with Gasteiger partial charge in [0.25, 0.3) is 0 Å². The van der Waals surface area contributed by atoms with Crippen LogP contribution in [0.15, 0.2) is 60.8 Å². The number of likely N-dealkylation sites (tertiary alicyclic amines) is 1. The van der Waals surface area contributed by atoms with Gasteiger partial charge in [-0.2, -0.15) is 0 Å². The Morgan fingerprint density at radius 2 is 1.89 bits per heavy atom. The van der Waals surface area contributed by atoms with Gasteiger partial charge in [0.1, 0.15) is 24.6 Å². The van der Waals surface area contributed by atoms with Crippen molar-refractivity contribution in [3.63, 3.8) is 0 Å². The first-order valence-corrected chi connectivity index (χ1v) is 15.2. The van der Waals surface area contributed by atoms with Gasteiger partial charge in [-0.1, -0.05) is 12.1 Å². The monoisotopic (exact) mass is 500 g/mol. The van der Waals surface area contributed by atoms with E-state index in [1.54, 1.807) is 13.3 Å². The van der Waals surface area contributed by atoms with E-state index in [0.717, 1.165) is 63.2 Å². The predicted octanol–water partition coefficient (Wildman–Crippen LogP) is 6.00. The lowest BCUT2D eigenvalue weighted by Crippen LogP contribution is -2.37. The number of H-pyrrole nitrogens is 1. The second-order valence-corrected chi connectivity index (χ2v) is 13.9. The van der Waals surface area contributed by atoms with Crippen molar-refractivity contribution in [1.29, 1.82) is 0 Å². The third kappa shape index (κ3) is 4.23. The minimum atomic E-state index is -2.43. The molecule has 186 valence electrons. The molecule has 2 bridgehead atoms. The number of para-hydroxylation sites is 1. The highest BCUT2D eigenvalue weighted by atomic mass is 31.2. The fraction of sp³-hybridized carbons (Fsp3) is 0.345. The van der Waals surface area contributed by atoms with E-state index in [-0.39, 0.29) is 0 Å². The minimum absolute atomic E-state index is 0.329. The lowest BCUT2D eigenvalue weighted by molar-refractivity contribution is 0.105. The molecule has 1 aliphatic heterocycles. The number of rotatable bonds is 6. The van der Waals surface area contributed by atoms with Crippen LogP contribution in [0.4, 0.5) is 11.4 Å². The molecular formula is C29H33N4O2P. The Morgan fingerprint density at radius 1 is 1.11 bits per heavy atom. The number of aromatic nitrogens is 2. The number of anilines is 2. The van der Waals surface area contributed by atoms with Crippen molar-refractivity contribution in [1.82, 2.24) is 14.9 Å². The molecule has 7 heteroatoms. The van der Waals surface area contributed by atoms with Crippen molar-refractivity contribution in [2.75, 3.05) is 32.2 Å². The molecule has 4 aromatic rings. The zero-order chi connectivity index (χ0) is 25.0. The Bertz CT molecular complexity index is 1470. The highest BCUT2D eigenvalue weighted by molar-refractivity contribution is 7.70. The predicted molar refractivity (Wildman–Crippen MR) is 149 cm³/mol. The zero-order valence-corrected chi connectivity index (χ0v) is 22.2. The molecule has 0 amide bonds. The summed E-state index contributed by atoms with van der Waals surface area (Å²) >= 11 is 0. The van der Waals surface area contributed by atoms with Crippen molar-refractivity contribution < 1.29 is 9.30 Å². The first-order valence-electron chi connectivity index (χ1n) is 12.6. The zero-order valence-electron chi connectivity index (χ0n) is 21.3. The lowest BCUT2D eigenvalue weighted by Gasteiger charge is -2.28. The molecule has 3 heterocycles. The SMILES string of the molecule is Cc1cnc2[nH]c(-c3ccc(OC4CC5CC4CN5C)cc3)cc2c1Nc1ccccc1P(C)(C)=O. The van der Waals surface area contributed by atoms with Gasteiger partial charge >= 0.3 is 0 Å². The van der Waals surface area contributed by atoms with E-state index in [1.807, 2.05) is 37.4 Å². The standard InChI is InChI=1S/C29H33N4O2P/c1-18-16-30-29-23(28(18)31-24-7-5-6-8-27(24)36(3,4)34)15-25(32-29)19-9-11-22(12-10-19)35-26-14-21-13-20(26)17-33(21)2/h5-12,15-16,20-21,26H,13-14,17H2,1-4H3,(H2,30,31,32). The first-order chi connectivity index (χ1) is 17.3. The highest BCUT2D eigenvalue weighted by Crippen LogP contribution is 2.41. The summed E-state index contributed by atoms with van der Waals surface area (Å²) in [6, 6.07) is 19.0. The molecule has 1 aliphatic carbocycles. The average Bonchev–Trinajstić information content (AvgIpc) is 3.55. The minimum Gasteiger partial charge on any atom is -0.490 e. The Hall–Kier alpha value is -3.08. The summed E-state index contributed by atoms with van der Waals surface area (Å²) < 4.78 is 19.2. The fourth-order valence-corrected chi connectivity index (χ4v) is 7.00. The molecule has 0 radical (unpaired) electrons. The van der Waals surface area contributed by atoms with Gasteiger partial charge in [0.2, 0.25) is 0 Å². The topological polar surface area (TPSA) is 70.2 Å². The van der Waals surface area contributed by atoms with Gasteiger partial charge in [0, 0.05) is 53.2 Å². The molecule has 0 spiro atoms. The molecule has 6 rings (SSSR count). The number of benzene rings is 2. The van der Waals surface area contributed by atoms with Crippen LogP contribution in [0.25, 0.3) is 22.3 Å². The molecule has 2 aliphatic rings. The van der Waals surface area contributed by atoms with Crippen LogP contribution in [0.1, 0.15) is 18.4 Å². The molecule has 36 heavy (non-hydrogen) atoms. The number of fused-ring (bicyclic) bond motifs is 3. The van der Waals surface area contributed by atoms with Crippen molar-refractivity contribution in [3.05, 3.63) is 66.4 Å². The highest BCUT2D eigenvalue weighted by Gasteiger charge is 2.44. The molecule has 3 unspecified atom stereocenters. The molecule has 1 saturated heterocycles. The number of aromatic amines is 1. The van der Waals surface area contributed by atoms with Gasteiger partial charge in [-0.3, -0.25) is 0 Å². The van der Waals surface area contributed by atoms with Gasteiger partial charge in [-0.15, -0.1) is 0 Å². The largest absolute Gasteiger partial charge is 0.490 e.